The van der Waals surface area contributed by atoms with Crippen LogP contribution in [-0.4, -0.2) is 37.9 Å². The number of hydrogen-bond acceptors (Lipinski definition) is 3. The van der Waals surface area contributed by atoms with Gasteiger partial charge in [0, 0.05) is 25.1 Å². The second-order valence-electron chi connectivity index (χ2n) is 4.03. The molecule has 5 nitrogen and oxygen atoms in total. The summed E-state index contributed by atoms with van der Waals surface area (Å²) in [6.07, 6.45) is -0.495. The fourth-order valence-electron chi connectivity index (χ4n) is 1.76. The van der Waals surface area contributed by atoms with E-state index >= 15 is 0 Å². The maximum absolute atomic E-state index is 13.0. The predicted octanol–water partition coefficient (Wildman–Crippen LogP) is 1.66. The fraction of sp³-hybridized carbons (Fsp3) is 0.308. The first-order valence-electron chi connectivity index (χ1n) is 5.76. The van der Waals surface area contributed by atoms with E-state index in [1.807, 2.05) is 0 Å². The number of nitrogens with one attached hydrogen (secondary N) is 2. The number of aromatic nitrogens is 1. The molecule has 1 aromatic carbocycles. The van der Waals surface area contributed by atoms with Crippen molar-refractivity contribution in [3.05, 3.63) is 35.8 Å². The Hall–Kier alpha value is -1.92. The van der Waals surface area contributed by atoms with Crippen molar-refractivity contribution in [3.63, 3.8) is 0 Å². The van der Waals surface area contributed by atoms with Gasteiger partial charge in [-0.3, -0.25) is 4.79 Å². The van der Waals surface area contributed by atoms with Gasteiger partial charge in [-0.25, -0.2) is 4.39 Å². The molecule has 1 aromatic heterocycles. The molecule has 0 radical (unpaired) electrons. The van der Waals surface area contributed by atoms with Gasteiger partial charge in [0.15, 0.2) is 6.29 Å². The van der Waals surface area contributed by atoms with Crippen molar-refractivity contribution in [1.29, 1.82) is 0 Å². The summed E-state index contributed by atoms with van der Waals surface area (Å²) >= 11 is 0. The van der Waals surface area contributed by atoms with Crippen molar-refractivity contribution in [2.45, 2.75) is 6.29 Å². The first-order valence-corrected chi connectivity index (χ1v) is 5.76. The summed E-state index contributed by atoms with van der Waals surface area (Å²) in [4.78, 5) is 14.8. The average Bonchev–Trinajstić information content (AvgIpc) is 2.82. The highest BCUT2D eigenvalue weighted by Gasteiger charge is 2.12. The molecule has 0 aliphatic carbocycles. The Bertz CT molecular complexity index is 578. The van der Waals surface area contributed by atoms with Crippen molar-refractivity contribution >= 4 is 16.8 Å². The second kappa shape index (κ2) is 5.81. The van der Waals surface area contributed by atoms with Crippen molar-refractivity contribution in [3.8, 4) is 0 Å². The van der Waals surface area contributed by atoms with E-state index < -0.39 is 6.29 Å². The van der Waals surface area contributed by atoms with Crippen LogP contribution < -0.4 is 5.32 Å². The predicted molar refractivity (Wildman–Crippen MR) is 68.4 cm³/mol. The number of ether oxygens (including phenoxy) is 2. The molecular weight excluding hydrogens is 251 g/mol. The lowest BCUT2D eigenvalue weighted by atomic mass is 10.2. The van der Waals surface area contributed by atoms with Crippen LogP contribution >= 0.6 is 0 Å². The van der Waals surface area contributed by atoms with Gasteiger partial charge in [0.2, 0.25) is 0 Å². The molecule has 19 heavy (non-hydrogen) atoms. The largest absolute Gasteiger partial charge is 0.354 e. The molecule has 0 bridgehead atoms. The average molecular weight is 266 g/mol. The van der Waals surface area contributed by atoms with Crippen molar-refractivity contribution in [1.82, 2.24) is 10.3 Å². The second-order valence-corrected chi connectivity index (χ2v) is 4.03. The number of benzene rings is 1. The van der Waals surface area contributed by atoms with E-state index in [-0.39, 0.29) is 18.3 Å². The third-order valence-electron chi connectivity index (χ3n) is 2.78. The third kappa shape index (κ3) is 3.10. The minimum absolute atomic E-state index is 0.232. The summed E-state index contributed by atoms with van der Waals surface area (Å²) < 4.78 is 23.0. The summed E-state index contributed by atoms with van der Waals surface area (Å²) in [5, 5.41) is 3.32. The number of H-pyrrole nitrogens is 1. The summed E-state index contributed by atoms with van der Waals surface area (Å²) in [6, 6.07) is 5.90. The van der Waals surface area contributed by atoms with Crippen LogP contribution in [0.5, 0.6) is 0 Å². The maximum Gasteiger partial charge on any atom is 0.267 e. The van der Waals surface area contributed by atoms with Crippen LogP contribution in [0.3, 0.4) is 0 Å². The summed E-state index contributed by atoms with van der Waals surface area (Å²) in [6.45, 7) is 0.232. The number of methoxy groups -OCH3 is 2. The van der Waals surface area contributed by atoms with E-state index in [0.717, 1.165) is 0 Å². The smallest absolute Gasteiger partial charge is 0.267 e. The van der Waals surface area contributed by atoms with Gasteiger partial charge in [-0.1, -0.05) is 0 Å². The SMILES string of the molecule is COC(CNC(=O)c1cc2cc(F)ccc2[nH]1)OC. The van der Waals surface area contributed by atoms with E-state index in [9.17, 15) is 9.18 Å². The van der Waals surface area contributed by atoms with Crippen LogP contribution in [-0.2, 0) is 9.47 Å². The van der Waals surface area contributed by atoms with Crippen LogP contribution in [0.2, 0.25) is 0 Å². The van der Waals surface area contributed by atoms with E-state index in [1.165, 1.54) is 26.4 Å². The van der Waals surface area contributed by atoms with E-state index in [1.54, 1.807) is 12.1 Å². The lowest BCUT2D eigenvalue weighted by molar-refractivity contribution is -0.0974. The Balaban J connectivity index is 2.09. The lowest BCUT2D eigenvalue weighted by Crippen LogP contribution is -2.34. The molecule has 1 heterocycles. The zero-order chi connectivity index (χ0) is 13.8. The first kappa shape index (κ1) is 13.5. The molecule has 0 aliphatic heterocycles. The van der Waals surface area contributed by atoms with Gasteiger partial charge in [0.25, 0.3) is 5.91 Å². The minimum atomic E-state index is -0.495. The lowest BCUT2D eigenvalue weighted by Gasteiger charge is -2.13. The summed E-state index contributed by atoms with van der Waals surface area (Å²) in [5.41, 5.74) is 1.08. The van der Waals surface area contributed by atoms with Gasteiger partial charge in [-0.2, -0.15) is 0 Å². The molecule has 6 heteroatoms. The van der Waals surface area contributed by atoms with E-state index in [4.69, 9.17) is 9.47 Å². The number of rotatable bonds is 5. The van der Waals surface area contributed by atoms with Gasteiger partial charge in [-0.15, -0.1) is 0 Å². The third-order valence-corrected chi connectivity index (χ3v) is 2.78. The molecule has 0 saturated carbocycles. The molecule has 2 N–H and O–H groups in total. The standard InChI is InChI=1S/C13H15FN2O3/c1-18-12(19-2)7-15-13(17)11-6-8-5-9(14)3-4-10(8)16-11/h3-6,12,16H,7H2,1-2H3,(H,15,17). The molecule has 0 saturated heterocycles. The van der Waals surface area contributed by atoms with Crippen LogP contribution in [0, 0.1) is 5.82 Å². The molecule has 2 rings (SSSR count). The zero-order valence-electron chi connectivity index (χ0n) is 10.7. The fourth-order valence-corrected chi connectivity index (χ4v) is 1.76. The molecule has 0 atom stereocenters. The quantitative estimate of drug-likeness (QED) is 0.809. The molecule has 1 amide bonds. The van der Waals surface area contributed by atoms with E-state index in [0.29, 0.717) is 16.6 Å². The highest BCUT2D eigenvalue weighted by molar-refractivity contribution is 5.97. The Morgan fingerprint density at radius 2 is 2.11 bits per heavy atom. The van der Waals surface area contributed by atoms with Crippen molar-refractivity contribution in [2.75, 3.05) is 20.8 Å². The molecule has 0 fully saturated rings. The van der Waals surface area contributed by atoms with Gasteiger partial charge in [-0.05, 0) is 24.3 Å². The normalized spacial score (nSPS) is 11.2. The number of fused-ring (bicyclic) bond motifs is 1. The van der Waals surface area contributed by atoms with Crippen LogP contribution in [0.15, 0.2) is 24.3 Å². The number of aromatic amines is 1. The molecule has 0 aliphatic rings. The maximum atomic E-state index is 13.0. The summed E-state index contributed by atoms with van der Waals surface area (Å²) in [7, 11) is 2.98. The number of amides is 1. The molecule has 0 unspecified atom stereocenters. The van der Waals surface area contributed by atoms with Gasteiger partial charge in [0.1, 0.15) is 11.5 Å². The highest BCUT2D eigenvalue weighted by Crippen LogP contribution is 2.16. The Kier molecular flexibility index (Phi) is 4.13. The zero-order valence-corrected chi connectivity index (χ0v) is 10.7. The highest BCUT2D eigenvalue weighted by atomic mass is 19.1. The molecule has 102 valence electrons. The molecular formula is C13H15FN2O3. The van der Waals surface area contributed by atoms with Crippen LogP contribution in [0.25, 0.3) is 10.9 Å². The topological polar surface area (TPSA) is 63.3 Å². The van der Waals surface area contributed by atoms with Crippen LogP contribution in [0.4, 0.5) is 4.39 Å². The number of carbonyl (C=O) groups is 1. The number of halogens is 1. The van der Waals surface area contributed by atoms with Gasteiger partial charge >= 0.3 is 0 Å². The molecule has 2 aromatic rings. The Labute approximate surface area is 109 Å². The minimum Gasteiger partial charge on any atom is -0.354 e. The number of hydrogen-bond donors (Lipinski definition) is 2. The Morgan fingerprint density at radius 3 is 2.79 bits per heavy atom. The van der Waals surface area contributed by atoms with E-state index in [2.05, 4.69) is 10.3 Å². The van der Waals surface area contributed by atoms with Crippen molar-refractivity contribution < 1.29 is 18.7 Å². The Morgan fingerprint density at radius 1 is 1.37 bits per heavy atom. The first-order chi connectivity index (χ1) is 9.13. The van der Waals surface area contributed by atoms with Gasteiger partial charge in [0.05, 0.1) is 6.54 Å². The summed E-state index contributed by atoms with van der Waals surface area (Å²) in [5.74, 6) is -0.631. The van der Waals surface area contributed by atoms with Crippen LogP contribution in [0.1, 0.15) is 10.5 Å². The van der Waals surface area contributed by atoms with Gasteiger partial charge < -0.3 is 19.8 Å². The van der Waals surface area contributed by atoms with Crippen molar-refractivity contribution in [2.24, 2.45) is 0 Å². The molecule has 0 spiro atoms. The monoisotopic (exact) mass is 266 g/mol. The number of carbonyl (C=O) groups excluding carboxylic acids is 1.